The van der Waals surface area contributed by atoms with E-state index < -0.39 is 5.82 Å². The number of phenols is 1. The Bertz CT molecular complexity index is 1470. The minimum absolute atomic E-state index is 0.0185. The van der Waals surface area contributed by atoms with Crippen molar-refractivity contribution >= 4 is 17.3 Å². The molecule has 1 fully saturated rings. The highest BCUT2D eigenvalue weighted by molar-refractivity contribution is 5.92. The molecule has 0 spiro atoms. The van der Waals surface area contributed by atoms with E-state index >= 15 is 0 Å². The molecule has 1 aliphatic heterocycles. The molecule has 0 aliphatic carbocycles. The highest BCUT2D eigenvalue weighted by Crippen LogP contribution is 2.40. The van der Waals surface area contributed by atoms with Gasteiger partial charge in [0.1, 0.15) is 11.5 Å². The predicted octanol–water partition coefficient (Wildman–Crippen LogP) is 5.00. The van der Waals surface area contributed by atoms with Gasteiger partial charge in [0, 0.05) is 37.1 Å². The standard InChI is InChI=1S/C27H27FN6O2/c1-29-21-7-5-18(15-20(21)28)25-24(17-6-8-23(36-4)22(35)16-17)26-30-11-14-34(26)27(31-25)33-12-9-19(10-13-33)32(2)3/h5-8,11,14-16,19,35H,9-10,12-13H2,2-4H3. The first kappa shape index (κ1) is 23.6. The lowest BCUT2D eigenvalue weighted by Gasteiger charge is -2.36. The van der Waals surface area contributed by atoms with Crippen LogP contribution in [0.2, 0.25) is 0 Å². The summed E-state index contributed by atoms with van der Waals surface area (Å²) in [6, 6.07) is 10.1. The van der Waals surface area contributed by atoms with E-state index in [0.29, 0.717) is 39.8 Å². The largest absolute Gasteiger partial charge is 0.504 e. The van der Waals surface area contributed by atoms with Gasteiger partial charge in [-0.3, -0.25) is 4.40 Å². The zero-order chi connectivity index (χ0) is 25.4. The van der Waals surface area contributed by atoms with E-state index in [-0.39, 0.29) is 11.4 Å². The summed E-state index contributed by atoms with van der Waals surface area (Å²) in [6.07, 6.45) is 5.59. The fraction of sp³-hybridized carbons (Fsp3) is 0.296. The molecule has 0 atom stereocenters. The van der Waals surface area contributed by atoms with E-state index in [4.69, 9.17) is 16.3 Å². The van der Waals surface area contributed by atoms with Crippen LogP contribution in [0.5, 0.6) is 11.5 Å². The molecule has 2 aromatic heterocycles. The zero-order valence-corrected chi connectivity index (χ0v) is 20.4. The summed E-state index contributed by atoms with van der Waals surface area (Å²) in [5, 5.41) is 10.5. The first-order valence-electron chi connectivity index (χ1n) is 11.7. The first-order valence-corrected chi connectivity index (χ1v) is 11.7. The maximum absolute atomic E-state index is 14.7. The summed E-state index contributed by atoms with van der Waals surface area (Å²) < 4.78 is 21.9. The molecule has 36 heavy (non-hydrogen) atoms. The summed E-state index contributed by atoms with van der Waals surface area (Å²) in [6.45, 7) is 8.87. The molecule has 4 aromatic rings. The van der Waals surface area contributed by atoms with Crippen LogP contribution >= 0.6 is 0 Å². The number of methoxy groups -OCH3 is 1. The minimum atomic E-state index is -0.607. The minimum Gasteiger partial charge on any atom is -0.504 e. The van der Waals surface area contributed by atoms with Crippen LogP contribution in [0.3, 0.4) is 0 Å². The maximum atomic E-state index is 14.7. The number of phenolic OH excluding ortho intramolecular Hbond substituents is 1. The third kappa shape index (κ3) is 4.10. The Kier molecular flexibility index (Phi) is 6.20. The number of fused-ring (bicyclic) bond motifs is 1. The van der Waals surface area contributed by atoms with Gasteiger partial charge in [0.05, 0.1) is 24.9 Å². The number of anilines is 1. The number of rotatable bonds is 5. The van der Waals surface area contributed by atoms with Crippen molar-refractivity contribution in [1.29, 1.82) is 0 Å². The van der Waals surface area contributed by atoms with Crippen molar-refractivity contribution < 1.29 is 14.2 Å². The molecule has 0 bridgehead atoms. The third-order valence-electron chi connectivity index (χ3n) is 6.82. The molecule has 8 nitrogen and oxygen atoms in total. The van der Waals surface area contributed by atoms with Crippen LogP contribution in [0.4, 0.5) is 16.0 Å². The molecule has 0 amide bonds. The van der Waals surface area contributed by atoms with Crippen molar-refractivity contribution in [3.05, 3.63) is 66.0 Å². The van der Waals surface area contributed by atoms with Crippen molar-refractivity contribution in [2.24, 2.45) is 0 Å². The summed E-state index contributed by atoms with van der Waals surface area (Å²) in [5.41, 5.74) is 2.97. The predicted molar refractivity (Wildman–Crippen MR) is 137 cm³/mol. The Labute approximate surface area is 209 Å². The molecular weight excluding hydrogens is 459 g/mol. The van der Waals surface area contributed by atoms with Crippen molar-refractivity contribution in [3.63, 3.8) is 0 Å². The van der Waals surface area contributed by atoms with Crippen molar-refractivity contribution in [2.75, 3.05) is 39.2 Å². The van der Waals surface area contributed by atoms with Crippen LogP contribution < -0.4 is 9.64 Å². The Morgan fingerprint density at radius 3 is 2.53 bits per heavy atom. The summed E-state index contributed by atoms with van der Waals surface area (Å²) in [7, 11) is 5.70. The molecular formula is C27H27FN6O2. The van der Waals surface area contributed by atoms with Crippen LogP contribution in [-0.4, -0.2) is 64.7 Å². The van der Waals surface area contributed by atoms with Crippen LogP contribution in [-0.2, 0) is 0 Å². The first-order chi connectivity index (χ1) is 17.4. The molecule has 0 radical (unpaired) electrons. The summed E-state index contributed by atoms with van der Waals surface area (Å²) >= 11 is 0. The van der Waals surface area contributed by atoms with Crippen LogP contribution in [0.25, 0.3) is 32.9 Å². The normalized spacial score (nSPS) is 14.4. The number of aromatic nitrogens is 3. The van der Waals surface area contributed by atoms with E-state index in [0.717, 1.165) is 31.9 Å². The van der Waals surface area contributed by atoms with Gasteiger partial charge in [0.2, 0.25) is 11.6 Å². The second-order valence-electron chi connectivity index (χ2n) is 9.10. The van der Waals surface area contributed by atoms with E-state index in [1.165, 1.54) is 19.2 Å². The van der Waals surface area contributed by atoms with Gasteiger partial charge >= 0.3 is 0 Å². The molecule has 1 saturated heterocycles. The molecule has 0 saturated carbocycles. The Morgan fingerprint density at radius 1 is 1.14 bits per heavy atom. The number of piperidine rings is 1. The Morgan fingerprint density at radius 2 is 1.89 bits per heavy atom. The fourth-order valence-corrected chi connectivity index (χ4v) is 4.84. The summed E-state index contributed by atoms with van der Waals surface area (Å²) in [4.78, 5) is 17.4. The Hall–Kier alpha value is -4.16. The number of benzene rings is 2. The molecule has 9 heteroatoms. The van der Waals surface area contributed by atoms with Gasteiger partial charge in [0.25, 0.3) is 0 Å². The number of nitrogens with zero attached hydrogens (tertiary/aromatic N) is 6. The topological polar surface area (TPSA) is 70.5 Å². The van der Waals surface area contributed by atoms with Gasteiger partial charge in [0.15, 0.2) is 11.5 Å². The quantitative estimate of drug-likeness (QED) is 0.401. The molecule has 1 N–H and O–H groups in total. The van der Waals surface area contributed by atoms with Gasteiger partial charge in [-0.15, -0.1) is 0 Å². The zero-order valence-electron chi connectivity index (χ0n) is 20.4. The number of aromatic hydroxyl groups is 1. The second-order valence-corrected chi connectivity index (χ2v) is 9.10. The van der Waals surface area contributed by atoms with Crippen molar-refractivity contribution in [1.82, 2.24) is 19.3 Å². The average molecular weight is 487 g/mol. The van der Waals surface area contributed by atoms with Gasteiger partial charge < -0.3 is 19.6 Å². The third-order valence-corrected chi connectivity index (χ3v) is 6.82. The highest BCUT2D eigenvalue weighted by atomic mass is 19.1. The smallest absolute Gasteiger partial charge is 0.222 e. The number of ether oxygens (including phenoxy) is 1. The van der Waals surface area contributed by atoms with E-state index in [1.54, 1.807) is 24.4 Å². The molecule has 184 valence electrons. The monoisotopic (exact) mass is 486 g/mol. The van der Waals surface area contributed by atoms with Crippen molar-refractivity contribution in [2.45, 2.75) is 18.9 Å². The fourth-order valence-electron chi connectivity index (χ4n) is 4.84. The van der Waals surface area contributed by atoms with E-state index in [2.05, 4.69) is 33.7 Å². The molecule has 1 aliphatic rings. The maximum Gasteiger partial charge on any atom is 0.222 e. The van der Waals surface area contributed by atoms with Gasteiger partial charge in [-0.1, -0.05) is 18.2 Å². The lowest BCUT2D eigenvalue weighted by atomic mass is 9.99. The SMILES string of the molecule is [C-]#[N+]c1ccc(-c2nc(N3CCC(N(C)C)CC3)n3ccnc3c2-c2ccc(OC)c(O)c2)cc1F. The van der Waals surface area contributed by atoms with Crippen LogP contribution in [0.15, 0.2) is 48.8 Å². The highest BCUT2D eigenvalue weighted by Gasteiger charge is 2.26. The van der Waals surface area contributed by atoms with Gasteiger partial charge in [-0.25, -0.2) is 19.2 Å². The average Bonchev–Trinajstić information content (AvgIpc) is 3.37. The van der Waals surface area contributed by atoms with Crippen molar-refractivity contribution in [3.8, 4) is 33.9 Å². The molecule has 2 aromatic carbocycles. The number of hydrogen-bond acceptors (Lipinski definition) is 6. The van der Waals surface area contributed by atoms with Gasteiger partial charge in [-0.2, -0.15) is 0 Å². The van der Waals surface area contributed by atoms with Crippen LogP contribution in [0, 0.1) is 12.4 Å². The molecule has 3 heterocycles. The Balaban J connectivity index is 1.72. The number of hydrogen-bond donors (Lipinski definition) is 1. The van der Waals surface area contributed by atoms with Crippen LogP contribution in [0.1, 0.15) is 12.8 Å². The summed E-state index contributed by atoms with van der Waals surface area (Å²) in [5.74, 6) is 0.450. The molecule has 0 unspecified atom stereocenters. The van der Waals surface area contributed by atoms with E-state index in [1.807, 2.05) is 16.7 Å². The second kappa shape index (κ2) is 9.47. The number of imidazole rings is 1. The van der Waals surface area contributed by atoms with E-state index in [9.17, 15) is 9.50 Å². The molecule has 5 rings (SSSR count). The lowest BCUT2D eigenvalue weighted by Crippen LogP contribution is -2.43. The number of halogens is 1. The lowest BCUT2D eigenvalue weighted by molar-refractivity contribution is 0.249. The van der Waals surface area contributed by atoms with Gasteiger partial charge in [-0.05, 0) is 50.7 Å².